The first-order valence-corrected chi connectivity index (χ1v) is 8.24. The van der Waals surface area contributed by atoms with Gasteiger partial charge in [0.1, 0.15) is 0 Å². The van der Waals surface area contributed by atoms with Crippen molar-refractivity contribution in [2.75, 3.05) is 12.4 Å². The first-order valence-electron chi connectivity index (χ1n) is 8.24. The number of hydrogen-bond donors (Lipinski definition) is 2. The summed E-state index contributed by atoms with van der Waals surface area (Å²) in [7, 11) is 1.40. The van der Waals surface area contributed by atoms with Gasteiger partial charge in [-0.2, -0.15) is 0 Å². The summed E-state index contributed by atoms with van der Waals surface area (Å²) in [6.45, 7) is 3.90. The van der Waals surface area contributed by atoms with E-state index in [1.54, 1.807) is 0 Å². The van der Waals surface area contributed by atoms with Gasteiger partial charge < -0.3 is 15.4 Å². The highest BCUT2D eigenvalue weighted by molar-refractivity contribution is 5.88. The van der Waals surface area contributed by atoms with Crippen molar-refractivity contribution in [2.45, 2.75) is 26.4 Å². The molecular weight excluding hydrogens is 316 g/mol. The number of hydrogen-bond acceptors (Lipinski definition) is 4. The van der Waals surface area contributed by atoms with Crippen molar-refractivity contribution < 1.29 is 14.3 Å². The molecule has 1 amide bonds. The highest BCUT2D eigenvalue weighted by Gasteiger charge is 2.25. The van der Waals surface area contributed by atoms with Crippen LogP contribution in [-0.4, -0.2) is 19.0 Å². The predicted molar refractivity (Wildman–Crippen MR) is 97.9 cm³/mol. The Morgan fingerprint density at radius 3 is 2.44 bits per heavy atom. The Bertz CT molecular complexity index is 716. The molecule has 0 aromatic heterocycles. The minimum atomic E-state index is -0.328. The van der Waals surface area contributed by atoms with Crippen LogP contribution in [0.15, 0.2) is 54.6 Å². The Hall–Kier alpha value is -2.66. The fraction of sp³-hybridized carbons (Fsp3) is 0.300. The van der Waals surface area contributed by atoms with Crippen LogP contribution in [0.3, 0.4) is 0 Å². The standard InChI is InChI=1S/C20H24N2O3/c1-14(20(24)25-3)19(17-9-5-4-6-10-17)21-13-16-8-7-11-18(12-16)22-15(2)23/h4-12,14,19,21H,13H2,1-3H3,(H,22,23)/t14-,19+/m0/s1. The molecule has 0 spiro atoms. The number of esters is 1. The molecule has 2 aromatic rings. The summed E-state index contributed by atoms with van der Waals surface area (Å²) in [6, 6.07) is 17.3. The molecule has 5 heteroatoms. The van der Waals surface area contributed by atoms with E-state index >= 15 is 0 Å². The van der Waals surface area contributed by atoms with Crippen LogP contribution >= 0.6 is 0 Å². The van der Waals surface area contributed by atoms with Gasteiger partial charge >= 0.3 is 5.97 Å². The maximum Gasteiger partial charge on any atom is 0.310 e. The number of rotatable bonds is 7. The molecule has 0 saturated heterocycles. The molecule has 0 unspecified atom stereocenters. The van der Waals surface area contributed by atoms with Crippen LogP contribution in [0.5, 0.6) is 0 Å². The van der Waals surface area contributed by atoms with Crippen molar-refractivity contribution >= 4 is 17.6 Å². The van der Waals surface area contributed by atoms with Crippen molar-refractivity contribution in [3.63, 3.8) is 0 Å². The zero-order valence-electron chi connectivity index (χ0n) is 14.8. The summed E-state index contributed by atoms with van der Waals surface area (Å²) < 4.78 is 4.90. The Balaban J connectivity index is 2.15. The molecule has 0 saturated carbocycles. The number of carbonyl (C=O) groups excluding carboxylic acids is 2. The van der Waals surface area contributed by atoms with Crippen molar-refractivity contribution in [2.24, 2.45) is 5.92 Å². The second kappa shape index (κ2) is 8.99. The highest BCUT2D eigenvalue weighted by Crippen LogP contribution is 2.24. The van der Waals surface area contributed by atoms with Gasteiger partial charge in [0.15, 0.2) is 0 Å². The lowest BCUT2D eigenvalue weighted by Crippen LogP contribution is -2.31. The predicted octanol–water partition coefficient (Wildman–Crippen LogP) is 3.29. The van der Waals surface area contributed by atoms with E-state index in [4.69, 9.17) is 4.74 Å². The van der Waals surface area contributed by atoms with E-state index in [0.717, 1.165) is 16.8 Å². The van der Waals surface area contributed by atoms with Crippen molar-refractivity contribution in [1.29, 1.82) is 0 Å². The molecule has 0 aliphatic rings. The Morgan fingerprint density at radius 2 is 1.80 bits per heavy atom. The molecule has 2 rings (SSSR count). The second-order valence-electron chi connectivity index (χ2n) is 5.96. The van der Waals surface area contributed by atoms with E-state index in [1.807, 2.05) is 61.5 Å². The van der Waals surface area contributed by atoms with Crippen LogP contribution in [0.1, 0.15) is 31.0 Å². The van der Waals surface area contributed by atoms with Gasteiger partial charge in [-0.15, -0.1) is 0 Å². The third-order valence-corrected chi connectivity index (χ3v) is 4.01. The van der Waals surface area contributed by atoms with E-state index in [1.165, 1.54) is 14.0 Å². The van der Waals surface area contributed by atoms with Gasteiger partial charge in [-0.3, -0.25) is 9.59 Å². The SMILES string of the molecule is COC(=O)[C@@H](C)[C@@H](NCc1cccc(NC(C)=O)c1)c1ccccc1. The van der Waals surface area contributed by atoms with Gasteiger partial charge in [-0.05, 0) is 23.3 Å². The second-order valence-corrected chi connectivity index (χ2v) is 5.96. The summed E-state index contributed by atoms with van der Waals surface area (Å²) in [6.07, 6.45) is 0. The third-order valence-electron chi connectivity index (χ3n) is 4.01. The average molecular weight is 340 g/mol. The van der Waals surface area contributed by atoms with Crippen LogP contribution < -0.4 is 10.6 Å². The number of carbonyl (C=O) groups is 2. The van der Waals surface area contributed by atoms with Crippen molar-refractivity contribution in [3.05, 3.63) is 65.7 Å². The Labute approximate surface area is 148 Å². The summed E-state index contributed by atoms with van der Waals surface area (Å²) in [5, 5.41) is 6.21. The molecule has 2 aromatic carbocycles. The summed E-state index contributed by atoms with van der Waals surface area (Å²) in [4.78, 5) is 23.2. The lowest BCUT2D eigenvalue weighted by Gasteiger charge is -2.24. The van der Waals surface area contributed by atoms with Crippen LogP contribution in [0.4, 0.5) is 5.69 Å². The van der Waals surface area contributed by atoms with E-state index in [-0.39, 0.29) is 23.8 Å². The number of methoxy groups -OCH3 is 1. The largest absolute Gasteiger partial charge is 0.469 e. The first-order chi connectivity index (χ1) is 12.0. The van der Waals surface area contributed by atoms with Gasteiger partial charge in [-0.25, -0.2) is 0 Å². The van der Waals surface area contributed by atoms with Crippen LogP contribution in [-0.2, 0) is 20.9 Å². The van der Waals surface area contributed by atoms with E-state index in [0.29, 0.717) is 6.54 Å². The minimum absolute atomic E-state index is 0.105. The van der Waals surface area contributed by atoms with Gasteiger partial charge in [-0.1, -0.05) is 49.4 Å². The molecule has 0 bridgehead atoms. The summed E-state index contributed by atoms with van der Waals surface area (Å²) in [5.41, 5.74) is 2.80. The number of ether oxygens (including phenoxy) is 1. The third kappa shape index (κ3) is 5.43. The lowest BCUT2D eigenvalue weighted by molar-refractivity contribution is -0.146. The van der Waals surface area contributed by atoms with Crippen LogP contribution in [0, 0.1) is 5.92 Å². The maximum atomic E-state index is 12.0. The van der Waals surface area contributed by atoms with Gasteiger partial charge in [0.25, 0.3) is 0 Å². The highest BCUT2D eigenvalue weighted by atomic mass is 16.5. The molecule has 0 aliphatic heterocycles. The van der Waals surface area contributed by atoms with Gasteiger partial charge in [0, 0.05) is 25.2 Å². The fourth-order valence-electron chi connectivity index (χ4n) is 2.76. The van der Waals surface area contributed by atoms with Crippen LogP contribution in [0.2, 0.25) is 0 Å². The molecule has 0 radical (unpaired) electrons. The minimum Gasteiger partial charge on any atom is -0.469 e. The van der Waals surface area contributed by atoms with E-state index < -0.39 is 0 Å². The van der Waals surface area contributed by atoms with Crippen LogP contribution in [0.25, 0.3) is 0 Å². The number of amides is 1. The smallest absolute Gasteiger partial charge is 0.310 e. The van der Waals surface area contributed by atoms with E-state index in [2.05, 4.69) is 10.6 Å². The normalized spacial score (nSPS) is 12.9. The zero-order chi connectivity index (χ0) is 18.2. The molecular formula is C20H24N2O3. The average Bonchev–Trinajstić information content (AvgIpc) is 2.61. The zero-order valence-corrected chi connectivity index (χ0v) is 14.8. The summed E-state index contributed by atoms with van der Waals surface area (Å²) in [5.74, 6) is -0.689. The number of benzene rings is 2. The molecule has 132 valence electrons. The molecule has 0 aliphatic carbocycles. The van der Waals surface area contributed by atoms with E-state index in [9.17, 15) is 9.59 Å². The first kappa shape index (κ1) is 18.7. The number of nitrogens with one attached hydrogen (secondary N) is 2. The Morgan fingerprint density at radius 1 is 1.08 bits per heavy atom. The monoisotopic (exact) mass is 340 g/mol. The lowest BCUT2D eigenvalue weighted by atomic mass is 9.94. The molecule has 25 heavy (non-hydrogen) atoms. The molecule has 5 nitrogen and oxygen atoms in total. The fourth-order valence-corrected chi connectivity index (χ4v) is 2.76. The Kier molecular flexibility index (Phi) is 6.71. The quantitative estimate of drug-likeness (QED) is 0.759. The van der Waals surface area contributed by atoms with Gasteiger partial charge in [0.2, 0.25) is 5.91 Å². The topological polar surface area (TPSA) is 67.4 Å². The molecule has 0 fully saturated rings. The van der Waals surface area contributed by atoms with Crippen molar-refractivity contribution in [1.82, 2.24) is 5.32 Å². The summed E-state index contributed by atoms with van der Waals surface area (Å²) >= 11 is 0. The van der Waals surface area contributed by atoms with Crippen molar-refractivity contribution in [3.8, 4) is 0 Å². The maximum absolute atomic E-state index is 12.0. The molecule has 2 N–H and O–H groups in total. The molecule has 0 heterocycles. The number of anilines is 1. The molecule has 2 atom stereocenters. The van der Waals surface area contributed by atoms with Gasteiger partial charge in [0.05, 0.1) is 13.0 Å².